The summed E-state index contributed by atoms with van der Waals surface area (Å²) < 4.78 is 29.4. The minimum Gasteiger partial charge on any atom is -0.372 e. The zero-order chi connectivity index (χ0) is 25.7. The van der Waals surface area contributed by atoms with E-state index in [9.17, 15) is 18.0 Å². The number of nitrogens with one attached hydrogen (secondary N) is 2. The minimum absolute atomic E-state index is 0.00601. The SMILES string of the molecule is CC1(C)CN(CC(=O)N2CCS(=O)(=O)CC2)[C@H](C(=O)Nc2cc(Cl)cc3c2[nH]c2cnccc23)CO1. The van der Waals surface area contributed by atoms with E-state index in [2.05, 4.69) is 15.3 Å². The third-order valence-electron chi connectivity index (χ3n) is 6.73. The zero-order valence-electron chi connectivity index (χ0n) is 20.1. The van der Waals surface area contributed by atoms with Crippen molar-refractivity contribution in [1.29, 1.82) is 0 Å². The second kappa shape index (κ2) is 9.29. The van der Waals surface area contributed by atoms with Crippen LogP contribution in [0.4, 0.5) is 5.69 Å². The molecule has 2 N–H and O–H groups in total. The van der Waals surface area contributed by atoms with Gasteiger partial charge in [0.25, 0.3) is 0 Å². The Labute approximate surface area is 213 Å². The summed E-state index contributed by atoms with van der Waals surface area (Å²) in [5.41, 5.74) is 1.53. The number of rotatable bonds is 4. The average Bonchev–Trinajstić information content (AvgIpc) is 3.17. The monoisotopic (exact) mass is 533 g/mol. The molecule has 2 aromatic heterocycles. The highest BCUT2D eigenvalue weighted by Gasteiger charge is 2.39. The number of H-pyrrole nitrogens is 1. The number of amides is 2. The number of hydrogen-bond donors (Lipinski definition) is 2. The number of ether oxygens (including phenoxy) is 1. The van der Waals surface area contributed by atoms with E-state index in [1.54, 1.807) is 28.3 Å². The topological polar surface area (TPSA) is 125 Å². The largest absolute Gasteiger partial charge is 0.372 e. The van der Waals surface area contributed by atoms with Gasteiger partial charge in [0, 0.05) is 41.6 Å². The molecule has 12 heteroatoms. The molecule has 0 spiro atoms. The fourth-order valence-corrected chi connectivity index (χ4v) is 6.25. The van der Waals surface area contributed by atoms with Gasteiger partial charge in [-0.1, -0.05) is 11.6 Å². The molecule has 1 aromatic carbocycles. The lowest BCUT2D eigenvalue weighted by atomic mass is 10.0. The van der Waals surface area contributed by atoms with Crippen LogP contribution in [0.25, 0.3) is 21.8 Å². The number of aromatic amines is 1. The van der Waals surface area contributed by atoms with Crippen LogP contribution < -0.4 is 5.32 Å². The number of fused-ring (bicyclic) bond motifs is 3. The van der Waals surface area contributed by atoms with E-state index in [0.717, 1.165) is 21.8 Å². The van der Waals surface area contributed by atoms with Crippen molar-refractivity contribution in [2.24, 2.45) is 0 Å². The molecule has 0 radical (unpaired) electrons. The molecular weight excluding hydrogens is 506 g/mol. The van der Waals surface area contributed by atoms with E-state index in [1.807, 2.05) is 26.0 Å². The molecule has 2 aliphatic heterocycles. The summed E-state index contributed by atoms with van der Waals surface area (Å²) >= 11 is 6.38. The van der Waals surface area contributed by atoms with Gasteiger partial charge in [-0.15, -0.1) is 0 Å². The Balaban J connectivity index is 1.38. The van der Waals surface area contributed by atoms with Crippen LogP contribution in [0.15, 0.2) is 30.6 Å². The summed E-state index contributed by atoms with van der Waals surface area (Å²) in [6, 6.07) is 4.69. The highest BCUT2D eigenvalue weighted by molar-refractivity contribution is 7.91. The first-order chi connectivity index (χ1) is 17.0. The number of anilines is 1. The second-order valence-electron chi connectivity index (χ2n) is 9.94. The molecular formula is C24H28ClN5O5S. The van der Waals surface area contributed by atoms with Crippen LogP contribution in [0.2, 0.25) is 5.02 Å². The van der Waals surface area contributed by atoms with Gasteiger partial charge in [0.05, 0.1) is 53.2 Å². The molecule has 2 saturated heterocycles. The lowest BCUT2D eigenvalue weighted by Crippen LogP contribution is -2.60. The van der Waals surface area contributed by atoms with Crippen molar-refractivity contribution < 1.29 is 22.7 Å². The highest BCUT2D eigenvalue weighted by atomic mass is 35.5. The van der Waals surface area contributed by atoms with Gasteiger partial charge in [-0.3, -0.25) is 19.5 Å². The summed E-state index contributed by atoms with van der Waals surface area (Å²) in [7, 11) is -3.10. The number of halogens is 1. The van der Waals surface area contributed by atoms with E-state index in [1.165, 1.54) is 0 Å². The number of morpholine rings is 1. The molecule has 1 atom stereocenters. The lowest BCUT2D eigenvalue weighted by molar-refractivity contribution is -0.150. The number of carbonyl (C=O) groups is 2. The first kappa shape index (κ1) is 24.9. The molecule has 36 heavy (non-hydrogen) atoms. The van der Waals surface area contributed by atoms with Crippen molar-refractivity contribution in [3.05, 3.63) is 35.6 Å². The van der Waals surface area contributed by atoms with Crippen molar-refractivity contribution in [1.82, 2.24) is 19.8 Å². The summed E-state index contributed by atoms with van der Waals surface area (Å²) in [6.45, 7) is 4.62. The minimum atomic E-state index is -3.10. The number of hydrogen-bond acceptors (Lipinski definition) is 7. The van der Waals surface area contributed by atoms with Crippen LogP contribution in [0.5, 0.6) is 0 Å². The number of benzene rings is 1. The van der Waals surface area contributed by atoms with Gasteiger partial charge in [0.15, 0.2) is 9.84 Å². The van der Waals surface area contributed by atoms with Crippen LogP contribution in [0.3, 0.4) is 0 Å². The van der Waals surface area contributed by atoms with E-state index < -0.39 is 21.5 Å². The van der Waals surface area contributed by atoms with Gasteiger partial charge in [0.2, 0.25) is 11.8 Å². The molecule has 2 fully saturated rings. The van der Waals surface area contributed by atoms with Crippen molar-refractivity contribution in [3.63, 3.8) is 0 Å². The maximum atomic E-state index is 13.5. The normalized spacial score (nSPS) is 22.1. The van der Waals surface area contributed by atoms with Crippen LogP contribution >= 0.6 is 11.6 Å². The Morgan fingerprint density at radius 2 is 2.00 bits per heavy atom. The summed E-state index contributed by atoms with van der Waals surface area (Å²) in [5.74, 6) is -0.599. The average molecular weight is 534 g/mol. The van der Waals surface area contributed by atoms with Crippen LogP contribution in [-0.2, 0) is 24.2 Å². The second-order valence-corrected chi connectivity index (χ2v) is 12.7. The number of pyridine rings is 1. The smallest absolute Gasteiger partial charge is 0.244 e. The standard InChI is InChI=1S/C24H28ClN5O5S/c1-24(2)14-30(12-21(31)29-5-7-36(33,34)8-6-29)20(13-35-24)23(32)28-18-10-15(25)9-17-16-3-4-26-11-19(16)27-22(17)18/h3-4,9-11,20,27H,5-8,12-14H2,1-2H3,(H,28,32)/t20-/m0/s1. The Kier molecular flexibility index (Phi) is 6.44. The summed E-state index contributed by atoms with van der Waals surface area (Å²) in [5, 5.41) is 5.26. The van der Waals surface area contributed by atoms with Crippen molar-refractivity contribution >= 4 is 60.7 Å². The number of aromatic nitrogens is 2. The van der Waals surface area contributed by atoms with Gasteiger partial charge in [0.1, 0.15) is 6.04 Å². The first-order valence-corrected chi connectivity index (χ1v) is 13.9. The Hall–Kier alpha value is -2.73. The molecule has 0 saturated carbocycles. The lowest BCUT2D eigenvalue weighted by Gasteiger charge is -2.43. The molecule has 3 aromatic rings. The van der Waals surface area contributed by atoms with Gasteiger partial charge >= 0.3 is 0 Å². The molecule has 2 amide bonds. The Bertz CT molecular complexity index is 1440. The molecule has 0 bridgehead atoms. The quantitative estimate of drug-likeness (QED) is 0.526. The molecule has 192 valence electrons. The van der Waals surface area contributed by atoms with E-state index >= 15 is 0 Å². The third kappa shape index (κ3) is 5.06. The van der Waals surface area contributed by atoms with Crippen LogP contribution in [0.1, 0.15) is 13.8 Å². The van der Waals surface area contributed by atoms with Crippen molar-refractivity contribution in [2.45, 2.75) is 25.5 Å². The summed E-state index contributed by atoms with van der Waals surface area (Å²) in [4.78, 5) is 37.3. The van der Waals surface area contributed by atoms with E-state index in [4.69, 9.17) is 16.3 Å². The fourth-order valence-electron chi connectivity index (χ4n) is 4.83. The molecule has 4 heterocycles. The Morgan fingerprint density at radius 1 is 1.25 bits per heavy atom. The predicted octanol–water partition coefficient (Wildman–Crippen LogP) is 2.04. The fraction of sp³-hybridized carbons (Fsp3) is 0.458. The third-order valence-corrected chi connectivity index (χ3v) is 8.55. The molecule has 2 aliphatic rings. The number of sulfone groups is 1. The predicted molar refractivity (Wildman–Crippen MR) is 138 cm³/mol. The highest BCUT2D eigenvalue weighted by Crippen LogP contribution is 2.33. The molecule has 0 aliphatic carbocycles. The maximum Gasteiger partial charge on any atom is 0.244 e. The number of nitrogens with zero attached hydrogens (tertiary/aromatic N) is 3. The first-order valence-electron chi connectivity index (χ1n) is 11.7. The van der Waals surface area contributed by atoms with E-state index in [0.29, 0.717) is 17.3 Å². The van der Waals surface area contributed by atoms with Crippen LogP contribution in [-0.4, -0.2) is 95.9 Å². The maximum absolute atomic E-state index is 13.5. The van der Waals surface area contributed by atoms with Crippen LogP contribution in [0, 0.1) is 0 Å². The van der Waals surface area contributed by atoms with Crippen molar-refractivity contribution in [3.8, 4) is 0 Å². The Morgan fingerprint density at radius 3 is 2.75 bits per heavy atom. The van der Waals surface area contributed by atoms with Gasteiger partial charge in [-0.05, 0) is 32.0 Å². The molecule has 10 nitrogen and oxygen atoms in total. The van der Waals surface area contributed by atoms with Gasteiger partial charge in [-0.25, -0.2) is 8.42 Å². The van der Waals surface area contributed by atoms with E-state index in [-0.39, 0.29) is 49.6 Å². The molecule has 5 rings (SSSR count). The van der Waals surface area contributed by atoms with Gasteiger partial charge < -0.3 is 19.9 Å². The zero-order valence-corrected chi connectivity index (χ0v) is 21.7. The molecule has 0 unspecified atom stereocenters. The summed E-state index contributed by atoms with van der Waals surface area (Å²) in [6.07, 6.45) is 3.41. The van der Waals surface area contributed by atoms with Gasteiger partial charge in [-0.2, -0.15) is 0 Å². The van der Waals surface area contributed by atoms with Crippen molar-refractivity contribution in [2.75, 3.05) is 49.6 Å². The number of carbonyl (C=O) groups excluding carboxylic acids is 2.